The van der Waals surface area contributed by atoms with Gasteiger partial charge >= 0.3 is 12.1 Å². The molecule has 0 aromatic heterocycles. The number of aliphatic hydroxyl groups is 1. The lowest BCUT2D eigenvalue weighted by atomic mass is 10.1. The third-order valence-electron chi connectivity index (χ3n) is 2.06. The van der Waals surface area contributed by atoms with Gasteiger partial charge in [-0.3, -0.25) is 0 Å². The molecule has 1 aromatic carbocycles. The molecule has 18 heavy (non-hydrogen) atoms. The Balaban J connectivity index is 3.16. The summed E-state index contributed by atoms with van der Waals surface area (Å²) in [7, 11) is 1.12. The van der Waals surface area contributed by atoms with E-state index < -0.39 is 30.1 Å². The van der Waals surface area contributed by atoms with E-state index in [-0.39, 0.29) is 12.2 Å². The van der Waals surface area contributed by atoms with Crippen LogP contribution in [0.1, 0.15) is 15.9 Å². The number of hydrogen-bond acceptors (Lipinski definition) is 4. The summed E-state index contributed by atoms with van der Waals surface area (Å²) in [4.78, 5) is 11.2. The van der Waals surface area contributed by atoms with Crippen LogP contribution in [-0.4, -0.2) is 31.4 Å². The molecule has 100 valence electrons. The van der Waals surface area contributed by atoms with E-state index in [9.17, 15) is 18.0 Å². The van der Waals surface area contributed by atoms with Crippen LogP contribution in [0.3, 0.4) is 0 Å². The van der Waals surface area contributed by atoms with Crippen LogP contribution in [0.15, 0.2) is 18.2 Å². The van der Waals surface area contributed by atoms with Crippen molar-refractivity contribution in [3.05, 3.63) is 29.3 Å². The number of aliphatic hydroxyl groups excluding tert-OH is 1. The second-order valence-electron chi connectivity index (χ2n) is 3.27. The number of esters is 1. The van der Waals surface area contributed by atoms with E-state index in [2.05, 4.69) is 4.74 Å². The smallest absolute Gasteiger partial charge is 0.419 e. The van der Waals surface area contributed by atoms with Crippen LogP contribution in [0.5, 0.6) is 5.75 Å². The van der Waals surface area contributed by atoms with E-state index in [1.54, 1.807) is 0 Å². The Hall–Kier alpha value is -1.76. The van der Waals surface area contributed by atoms with Crippen molar-refractivity contribution in [1.82, 2.24) is 0 Å². The fourth-order valence-electron chi connectivity index (χ4n) is 1.28. The van der Waals surface area contributed by atoms with Gasteiger partial charge in [-0.1, -0.05) is 0 Å². The number of benzene rings is 1. The van der Waals surface area contributed by atoms with Gasteiger partial charge in [-0.05, 0) is 18.2 Å². The Labute approximate surface area is 101 Å². The topological polar surface area (TPSA) is 55.8 Å². The average Bonchev–Trinajstić information content (AvgIpc) is 2.33. The molecule has 7 heteroatoms. The Morgan fingerprint density at radius 3 is 2.56 bits per heavy atom. The molecular formula is C11H11F3O4. The molecule has 0 aliphatic rings. The summed E-state index contributed by atoms with van der Waals surface area (Å²) >= 11 is 0. The summed E-state index contributed by atoms with van der Waals surface area (Å²) in [6.45, 7) is -0.729. The number of alkyl halides is 3. The minimum atomic E-state index is -4.60. The molecule has 0 aliphatic carbocycles. The first-order valence-corrected chi connectivity index (χ1v) is 4.93. The van der Waals surface area contributed by atoms with Crippen LogP contribution in [0.2, 0.25) is 0 Å². The fourth-order valence-corrected chi connectivity index (χ4v) is 1.28. The molecule has 0 amide bonds. The fraction of sp³-hybridized carbons (Fsp3) is 0.364. The molecule has 0 fully saturated rings. The van der Waals surface area contributed by atoms with Crippen molar-refractivity contribution in [1.29, 1.82) is 0 Å². The molecule has 0 heterocycles. The van der Waals surface area contributed by atoms with Crippen LogP contribution < -0.4 is 4.74 Å². The van der Waals surface area contributed by atoms with Crippen LogP contribution in [-0.2, 0) is 10.9 Å². The van der Waals surface area contributed by atoms with Crippen LogP contribution >= 0.6 is 0 Å². The summed E-state index contributed by atoms with van der Waals surface area (Å²) in [5.41, 5.74) is -1.07. The van der Waals surface area contributed by atoms with E-state index in [1.165, 1.54) is 0 Å². The quantitative estimate of drug-likeness (QED) is 0.843. The number of ether oxygens (including phenoxy) is 2. The van der Waals surface area contributed by atoms with E-state index in [0.717, 1.165) is 25.3 Å². The van der Waals surface area contributed by atoms with Crippen LogP contribution in [0.25, 0.3) is 0 Å². The summed E-state index contributed by atoms with van der Waals surface area (Å²) in [6.07, 6.45) is -4.60. The summed E-state index contributed by atoms with van der Waals surface area (Å²) < 4.78 is 47.1. The van der Waals surface area contributed by atoms with Gasteiger partial charge < -0.3 is 14.6 Å². The molecule has 0 spiro atoms. The highest BCUT2D eigenvalue weighted by Crippen LogP contribution is 2.36. The standard InChI is InChI=1S/C11H11F3O4/c1-17-10(16)7-2-3-8(11(12,13)14)9(6-7)18-5-4-15/h2-3,6,15H,4-5H2,1H3. The van der Waals surface area contributed by atoms with Crippen molar-refractivity contribution in [2.24, 2.45) is 0 Å². The normalized spacial score (nSPS) is 11.2. The van der Waals surface area contributed by atoms with Gasteiger partial charge in [-0.2, -0.15) is 13.2 Å². The number of carbonyl (C=O) groups excluding carboxylic acids is 1. The maximum absolute atomic E-state index is 12.6. The third kappa shape index (κ3) is 3.36. The lowest BCUT2D eigenvalue weighted by Gasteiger charge is -2.14. The molecule has 0 unspecified atom stereocenters. The minimum absolute atomic E-state index is 0.0570. The van der Waals surface area contributed by atoms with Gasteiger partial charge in [0.15, 0.2) is 0 Å². The van der Waals surface area contributed by atoms with Gasteiger partial charge in [0.2, 0.25) is 0 Å². The zero-order valence-electron chi connectivity index (χ0n) is 9.45. The molecule has 1 rings (SSSR count). The number of carbonyl (C=O) groups is 1. The molecule has 0 aliphatic heterocycles. The highest BCUT2D eigenvalue weighted by Gasteiger charge is 2.34. The van der Waals surface area contributed by atoms with E-state index >= 15 is 0 Å². The summed E-state index contributed by atoms with van der Waals surface area (Å²) in [5, 5.41) is 8.55. The van der Waals surface area contributed by atoms with Gasteiger partial charge in [-0.25, -0.2) is 4.79 Å². The zero-order valence-corrected chi connectivity index (χ0v) is 9.45. The van der Waals surface area contributed by atoms with Crippen molar-refractivity contribution in [2.75, 3.05) is 20.3 Å². The molecular weight excluding hydrogens is 253 g/mol. The second kappa shape index (κ2) is 5.72. The summed E-state index contributed by atoms with van der Waals surface area (Å²) in [5.74, 6) is -1.28. The third-order valence-corrected chi connectivity index (χ3v) is 2.06. The van der Waals surface area contributed by atoms with Gasteiger partial charge in [-0.15, -0.1) is 0 Å². The SMILES string of the molecule is COC(=O)c1ccc(C(F)(F)F)c(OCCO)c1. The van der Waals surface area contributed by atoms with Gasteiger partial charge in [0, 0.05) is 0 Å². The highest BCUT2D eigenvalue weighted by molar-refractivity contribution is 5.89. The molecule has 1 N–H and O–H groups in total. The van der Waals surface area contributed by atoms with Crippen LogP contribution in [0, 0.1) is 0 Å². The van der Waals surface area contributed by atoms with Gasteiger partial charge in [0.1, 0.15) is 12.4 Å². The van der Waals surface area contributed by atoms with E-state index in [4.69, 9.17) is 9.84 Å². The Morgan fingerprint density at radius 1 is 1.39 bits per heavy atom. The minimum Gasteiger partial charge on any atom is -0.491 e. The molecule has 0 saturated heterocycles. The van der Waals surface area contributed by atoms with Crippen LogP contribution in [0.4, 0.5) is 13.2 Å². The first-order chi connectivity index (χ1) is 8.40. The lowest BCUT2D eigenvalue weighted by molar-refractivity contribution is -0.139. The van der Waals surface area contributed by atoms with Crippen molar-refractivity contribution in [2.45, 2.75) is 6.18 Å². The molecule has 0 atom stereocenters. The average molecular weight is 264 g/mol. The predicted molar refractivity (Wildman–Crippen MR) is 55.4 cm³/mol. The number of methoxy groups -OCH3 is 1. The maximum Gasteiger partial charge on any atom is 0.419 e. The van der Waals surface area contributed by atoms with Crippen molar-refractivity contribution in [3.63, 3.8) is 0 Å². The first-order valence-electron chi connectivity index (χ1n) is 4.93. The zero-order chi connectivity index (χ0) is 13.8. The molecule has 0 saturated carbocycles. The Kier molecular flexibility index (Phi) is 4.55. The van der Waals surface area contributed by atoms with Crippen molar-refractivity contribution >= 4 is 5.97 Å². The van der Waals surface area contributed by atoms with Gasteiger partial charge in [0.05, 0.1) is 24.8 Å². The van der Waals surface area contributed by atoms with E-state index in [0.29, 0.717) is 0 Å². The van der Waals surface area contributed by atoms with Gasteiger partial charge in [0.25, 0.3) is 0 Å². The first kappa shape index (κ1) is 14.3. The molecule has 0 bridgehead atoms. The maximum atomic E-state index is 12.6. The number of halogens is 3. The number of rotatable bonds is 4. The Bertz CT molecular complexity index is 429. The van der Waals surface area contributed by atoms with Crippen molar-refractivity contribution in [3.8, 4) is 5.75 Å². The number of hydrogen-bond donors (Lipinski definition) is 1. The van der Waals surface area contributed by atoms with E-state index in [1.807, 2.05) is 0 Å². The Morgan fingerprint density at radius 2 is 2.06 bits per heavy atom. The summed E-state index contributed by atoms with van der Waals surface area (Å²) in [6, 6.07) is 2.67. The largest absolute Gasteiger partial charge is 0.491 e. The van der Waals surface area contributed by atoms with Crippen molar-refractivity contribution < 1.29 is 32.5 Å². The highest BCUT2D eigenvalue weighted by atomic mass is 19.4. The monoisotopic (exact) mass is 264 g/mol. The second-order valence-corrected chi connectivity index (χ2v) is 3.27. The molecule has 4 nitrogen and oxygen atoms in total. The molecule has 0 radical (unpaired) electrons. The predicted octanol–water partition coefficient (Wildman–Crippen LogP) is 1.86. The lowest BCUT2D eigenvalue weighted by Crippen LogP contribution is -2.12. The molecule has 1 aromatic rings.